The lowest BCUT2D eigenvalue weighted by atomic mass is 10.1. The molecule has 0 radical (unpaired) electrons. The van der Waals surface area contributed by atoms with Crippen molar-refractivity contribution < 1.29 is 9.59 Å². The molecule has 2 heterocycles. The highest BCUT2D eigenvalue weighted by molar-refractivity contribution is 6.21. The van der Waals surface area contributed by atoms with Crippen LogP contribution in [0.4, 0.5) is 0 Å². The van der Waals surface area contributed by atoms with Gasteiger partial charge >= 0.3 is 0 Å². The van der Waals surface area contributed by atoms with E-state index in [0.717, 1.165) is 6.07 Å². The van der Waals surface area contributed by atoms with E-state index in [1.807, 2.05) is 0 Å². The van der Waals surface area contributed by atoms with Gasteiger partial charge in [-0.25, -0.2) is 0 Å². The van der Waals surface area contributed by atoms with E-state index >= 15 is 0 Å². The zero-order chi connectivity index (χ0) is 9.59. The summed E-state index contributed by atoms with van der Waals surface area (Å²) in [5, 5.41) is 2.11. The van der Waals surface area contributed by atoms with Crippen LogP contribution in [0.3, 0.4) is 0 Å². The van der Waals surface area contributed by atoms with Crippen molar-refractivity contribution in [3.8, 4) is 0 Å². The molecule has 0 saturated carbocycles. The summed E-state index contributed by atoms with van der Waals surface area (Å²) < 4.78 is 0. The van der Waals surface area contributed by atoms with Crippen LogP contribution in [0.1, 0.15) is 26.4 Å². The van der Waals surface area contributed by atoms with Crippen LogP contribution in [-0.4, -0.2) is 16.8 Å². The van der Waals surface area contributed by atoms with Crippen LogP contribution in [0, 0.1) is 6.92 Å². The first-order valence-electron chi connectivity index (χ1n) is 3.69. The molecule has 13 heavy (non-hydrogen) atoms. The number of amides is 2. The van der Waals surface area contributed by atoms with Crippen LogP contribution in [0.5, 0.6) is 0 Å². The molecule has 1 aromatic heterocycles. The minimum absolute atomic E-state index is 0.159. The summed E-state index contributed by atoms with van der Waals surface area (Å²) in [6.45, 7) is 1.58. The second kappa shape index (κ2) is 2.29. The number of carbonyl (C=O) groups excluding carboxylic acids is 2. The third-order valence-corrected chi connectivity index (χ3v) is 1.93. The van der Waals surface area contributed by atoms with Gasteiger partial charge in [0.1, 0.15) is 0 Å². The zero-order valence-corrected chi connectivity index (χ0v) is 6.80. The molecule has 1 aliphatic heterocycles. The molecular formula is C8H6N2O3. The van der Waals surface area contributed by atoms with E-state index in [0.29, 0.717) is 5.69 Å². The van der Waals surface area contributed by atoms with Crippen molar-refractivity contribution >= 4 is 11.8 Å². The maximum absolute atomic E-state index is 11.2. The van der Waals surface area contributed by atoms with Crippen molar-refractivity contribution in [1.29, 1.82) is 0 Å². The summed E-state index contributed by atoms with van der Waals surface area (Å²) in [6.07, 6.45) is 0. The van der Waals surface area contributed by atoms with Crippen LogP contribution in [0.2, 0.25) is 0 Å². The van der Waals surface area contributed by atoms with Gasteiger partial charge in [-0.15, -0.1) is 0 Å². The van der Waals surface area contributed by atoms with E-state index in [4.69, 9.17) is 0 Å². The van der Waals surface area contributed by atoms with Gasteiger partial charge in [0.2, 0.25) is 5.56 Å². The maximum Gasteiger partial charge on any atom is 0.260 e. The number of nitrogens with one attached hydrogen (secondary N) is 2. The Kier molecular flexibility index (Phi) is 1.36. The summed E-state index contributed by atoms with van der Waals surface area (Å²) in [4.78, 5) is 35.7. The van der Waals surface area contributed by atoms with Gasteiger partial charge in [-0.1, -0.05) is 0 Å². The van der Waals surface area contributed by atoms with E-state index in [2.05, 4.69) is 10.3 Å². The fourth-order valence-electron chi connectivity index (χ4n) is 1.39. The predicted molar refractivity (Wildman–Crippen MR) is 43.6 cm³/mol. The Morgan fingerprint density at radius 1 is 1.15 bits per heavy atom. The molecule has 0 aromatic carbocycles. The standard InChI is InChI=1S/C8H6N2O3/c1-3-6-4(2-5(11)9-3)7(12)10-8(6)13/h2H,1H3,(H,9,11)(H,10,12,13). The topological polar surface area (TPSA) is 79.0 Å². The molecule has 1 aliphatic rings. The van der Waals surface area contributed by atoms with Crippen molar-refractivity contribution in [3.63, 3.8) is 0 Å². The molecule has 5 nitrogen and oxygen atoms in total. The minimum Gasteiger partial charge on any atom is -0.326 e. The zero-order valence-electron chi connectivity index (χ0n) is 6.80. The first kappa shape index (κ1) is 7.72. The van der Waals surface area contributed by atoms with Crippen molar-refractivity contribution in [3.05, 3.63) is 33.2 Å². The molecule has 0 unspecified atom stereocenters. The molecule has 1 aromatic rings. The van der Waals surface area contributed by atoms with Crippen molar-refractivity contribution in [2.24, 2.45) is 0 Å². The monoisotopic (exact) mass is 178 g/mol. The van der Waals surface area contributed by atoms with Gasteiger partial charge in [0, 0.05) is 11.8 Å². The summed E-state index contributed by atoms with van der Waals surface area (Å²) >= 11 is 0. The number of fused-ring (bicyclic) bond motifs is 1. The molecule has 2 N–H and O–H groups in total. The second-order valence-electron chi connectivity index (χ2n) is 2.83. The molecule has 0 saturated heterocycles. The van der Waals surface area contributed by atoms with E-state index in [1.54, 1.807) is 6.92 Å². The smallest absolute Gasteiger partial charge is 0.260 e. The van der Waals surface area contributed by atoms with Gasteiger partial charge in [0.15, 0.2) is 0 Å². The minimum atomic E-state index is -0.505. The molecule has 0 fully saturated rings. The SMILES string of the molecule is Cc1[nH]c(=O)cc2c1C(=O)NC2=O. The van der Waals surface area contributed by atoms with Crippen LogP contribution in [0.25, 0.3) is 0 Å². The highest BCUT2D eigenvalue weighted by atomic mass is 16.2. The van der Waals surface area contributed by atoms with E-state index in [1.165, 1.54) is 0 Å². The number of aryl methyl sites for hydroxylation is 1. The average Bonchev–Trinajstić information content (AvgIpc) is 2.27. The Bertz CT molecular complexity index is 473. The molecule has 0 atom stereocenters. The molecule has 2 amide bonds. The third-order valence-electron chi connectivity index (χ3n) is 1.93. The Hall–Kier alpha value is -1.91. The van der Waals surface area contributed by atoms with Crippen LogP contribution in [0.15, 0.2) is 10.9 Å². The molecule has 66 valence electrons. The number of aromatic nitrogens is 1. The third kappa shape index (κ3) is 0.970. The molecular weight excluding hydrogens is 172 g/mol. The number of rotatable bonds is 0. The number of pyridine rings is 1. The first-order chi connectivity index (χ1) is 6.09. The first-order valence-corrected chi connectivity index (χ1v) is 3.69. The fraction of sp³-hybridized carbons (Fsp3) is 0.125. The largest absolute Gasteiger partial charge is 0.326 e. The predicted octanol–water partition coefficient (Wildman–Crippen LogP) is -0.433. The van der Waals surface area contributed by atoms with Crippen LogP contribution < -0.4 is 10.9 Å². The van der Waals surface area contributed by atoms with Gasteiger partial charge in [-0.2, -0.15) is 0 Å². The Labute approximate surface area is 72.8 Å². The van der Waals surface area contributed by atoms with Gasteiger partial charge in [-0.3, -0.25) is 19.7 Å². The average molecular weight is 178 g/mol. The summed E-state index contributed by atoms with van der Waals surface area (Å²) in [6, 6.07) is 1.13. The van der Waals surface area contributed by atoms with Crippen molar-refractivity contribution in [2.75, 3.05) is 0 Å². The molecule has 5 heteroatoms. The fourth-order valence-corrected chi connectivity index (χ4v) is 1.39. The van der Waals surface area contributed by atoms with Crippen molar-refractivity contribution in [2.45, 2.75) is 6.92 Å². The maximum atomic E-state index is 11.2. The number of H-pyrrole nitrogens is 1. The molecule has 0 bridgehead atoms. The van der Waals surface area contributed by atoms with E-state index in [9.17, 15) is 14.4 Å². The highest BCUT2D eigenvalue weighted by Gasteiger charge is 2.28. The van der Waals surface area contributed by atoms with E-state index in [-0.39, 0.29) is 16.7 Å². The van der Waals surface area contributed by atoms with Crippen LogP contribution in [-0.2, 0) is 0 Å². The lowest BCUT2D eigenvalue weighted by Gasteiger charge is -1.96. The van der Waals surface area contributed by atoms with Gasteiger partial charge < -0.3 is 4.98 Å². The van der Waals surface area contributed by atoms with Gasteiger partial charge in [0.25, 0.3) is 11.8 Å². The Balaban J connectivity index is 2.84. The summed E-state index contributed by atoms with van der Waals surface area (Å²) in [5.41, 5.74) is 0.475. The van der Waals surface area contributed by atoms with Gasteiger partial charge in [0.05, 0.1) is 11.1 Å². The van der Waals surface area contributed by atoms with Crippen molar-refractivity contribution in [1.82, 2.24) is 10.3 Å². The molecule has 2 rings (SSSR count). The van der Waals surface area contributed by atoms with E-state index < -0.39 is 11.8 Å². The summed E-state index contributed by atoms with van der Waals surface area (Å²) in [7, 11) is 0. The lowest BCUT2D eigenvalue weighted by molar-refractivity contribution is 0.0879. The number of hydrogen-bond donors (Lipinski definition) is 2. The lowest BCUT2D eigenvalue weighted by Crippen LogP contribution is -2.20. The Morgan fingerprint density at radius 2 is 1.85 bits per heavy atom. The number of imide groups is 1. The number of aromatic amines is 1. The summed E-state index contributed by atoms with van der Waals surface area (Å²) in [5.74, 6) is -0.956. The van der Waals surface area contributed by atoms with Crippen LogP contribution >= 0.6 is 0 Å². The van der Waals surface area contributed by atoms with Gasteiger partial charge in [-0.05, 0) is 6.92 Å². The highest BCUT2D eigenvalue weighted by Crippen LogP contribution is 2.14. The second-order valence-corrected chi connectivity index (χ2v) is 2.83. The molecule has 0 spiro atoms. The Morgan fingerprint density at radius 3 is 2.54 bits per heavy atom. The molecule has 0 aliphatic carbocycles. The number of hydrogen-bond acceptors (Lipinski definition) is 3. The normalized spacial score (nSPS) is 14.2. The number of carbonyl (C=O) groups is 2. The quantitative estimate of drug-likeness (QED) is 0.529.